The highest BCUT2D eigenvalue weighted by molar-refractivity contribution is 6.03. The van der Waals surface area contributed by atoms with Gasteiger partial charge < -0.3 is 20.7 Å². The molecule has 2 aromatic carbocycles. The van der Waals surface area contributed by atoms with Gasteiger partial charge in [-0.15, -0.1) is 0 Å². The van der Waals surface area contributed by atoms with Gasteiger partial charge in [0.1, 0.15) is 17.3 Å². The molecule has 1 aromatic heterocycles. The third-order valence-electron chi connectivity index (χ3n) is 4.95. The Labute approximate surface area is 174 Å². The topological polar surface area (TPSA) is 97.6 Å². The first-order valence-electron chi connectivity index (χ1n) is 9.79. The lowest BCUT2D eigenvalue weighted by Crippen LogP contribution is -2.18. The summed E-state index contributed by atoms with van der Waals surface area (Å²) in [5.74, 6) is 0.926. The summed E-state index contributed by atoms with van der Waals surface area (Å²) in [6, 6.07) is 17.1. The van der Waals surface area contributed by atoms with E-state index in [2.05, 4.69) is 15.2 Å². The number of ether oxygens (including phenoxy) is 1. The van der Waals surface area contributed by atoms with Crippen molar-refractivity contribution < 1.29 is 14.3 Å². The quantitative estimate of drug-likeness (QED) is 0.653. The molecular weight excluding hydrogens is 380 g/mol. The van der Waals surface area contributed by atoms with Gasteiger partial charge in [-0.3, -0.25) is 9.59 Å². The van der Waals surface area contributed by atoms with E-state index in [0.717, 1.165) is 18.8 Å². The molecule has 0 spiro atoms. The number of nitrogens with one attached hydrogen (secondary N) is 1. The molecule has 2 heterocycles. The number of carbonyl (C=O) groups excluding carboxylic acids is 2. The van der Waals surface area contributed by atoms with Crippen molar-refractivity contribution >= 4 is 23.3 Å². The fourth-order valence-corrected chi connectivity index (χ4v) is 3.31. The molecule has 7 heteroatoms. The van der Waals surface area contributed by atoms with Gasteiger partial charge in [-0.1, -0.05) is 0 Å². The van der Waals surface area contributed by atoms with Gasteiger partial charge in [0.25, 0.3) is 5.91 Å². The van der Waals surface area contributed by atoms with Crippen LogP contribution in [0.5, 0.6) is 11.5 Å². The Hall–Kier alpha value is -3.87. The van der Waals surface area contributed by atoms with Crippen LogP contribution >= 0.6 is 0 Å². The third kappa shape index (κ3) is 4.57. The molecule has 0 atom stereocenters. The Bertz CT molecular complexity index is 1030. The number of anilines is 2. The highest BCUT2D eigenvalue weighted by Gasteiger charge is 2.13. The molecule has 3 N–H and O–H groups in total. The summed E-state index contributed by atoms with van der Waals surface area (Å²) in [6.45, 7) is 2.11. The van der Waals surface area contributed by atoms with Crippen molar-refractivity contribution in [2.45, 2.75) is 12.8 Å². The zero-order valence-electron chi connectivity index (χ0n) is 16.4. The Morgan fingerprint density at radius 2 is 1.47 bits per heavy atom. The van der Waals surface area contributed by atoms with Crippen molar-refractivity contribution in [1.29, 1.82) is 0 Å². The van der Waals surface area contributed by atoms with Crippen LogP contribution in [0.25, 0.3) is 0 Å². The van der Waals surface area contributed by atoms with Crippen molar-refractivity contribution in [3.63, 3.8) is 0 Å². The summed E-state index contributed by atoms with van der Waals surface area (Å²) in [7, 11) is 0. The van der Waals surface area contributed by atoms with Crippen molar-refractivity contribution in [2.24, 2.45) is 5.73 Å². The van der Waals surface area contributed by atoms with Gasteiger partial charge in [0.2, 0.25) is 5.91 Å². The molecule has 1 aliphatic heterocycles. The van der Waals surface area contributed by atoms with E-state index in [9.17, 15) is 9.59 Å². The van der Waals surface area contributed by atoms with Gasteiger partial charge in [0, 0.05) is 24.2 Å². The van der Waals surface area contributed by atoms with Crippen LogP contribution in [0, 0.1) is 0 Å². The number of benzene rings is 2. The number of nitrogens with two attached hydrogens (primary N) is 1. The summed E-state index contributed by atoms with van der Waals surface area (Å²) in [6.07, 6.45) is 4.20. The standard InChI is InChI=1S/C23H22N4O3/c24-22(28)16-3-8-19(9-4-16)30-20-10-5-17(6-11-20)23(29)26-21-12-7-18(15-25-21)27-13-1-2-14-27/h3-12,15H,1-2,13-14H2,(H2,24,28)(H,25,26,29). The number of rotatable bonds is 6. The lowest BCUT2D eigenvalue weighted by Gasteiger charge is -2.17. The van der Waals surface area contributed by atoms with E-state index >= 15 is 0 Å². The van der Waals surface area contributed by atoms with Crippen LogP contribution in [0.15, 0.2) is 66.9 Å². The molecule has 0 radical (unpaired) electrons. The molecule has 3 aromatic rings. The first kappa shape index (κ1) is 19.4. The monoisotopic (exact) mass is 402 g/mol. The summed E-state index contributed by atoms with van der Waals surface area (Å²) >= 11 is 0. The van der Waals surface area contributed by atoms with Crippen molar-refractivity contribution in [3.8, 4) is 11.5 Å². The number of nitrogens with zero attached hydrogens (tertiary/aromatic N) is 2. The largest absolute Gasteiger partial charge is 0.457 e. The second kappa shape index (κ2) is 8.65. The minimum absolute atomic E-state index is 0.242. The van der Waals surface area contributed by atoms with E-state index in [-0.39, 0.29) is 5.91 Å². The van der Waals surface area contributed by atoms with Gasteiger partial charge in [0.15, 0.2) is 0 Å². The minimum Gasteiger partial charge on any atom is -0.457 e. The molecule has 0 aliphatic carbocycles. The number of amides is 2. The lowest BCUT2D eigenvalue weighted by molar-refractivity contribution is 0.0997. The van der Waals surface area contributed by atoms with E-state index < -0.39 is 5.91 Å². The minimum atomic E-state index is -0.489. The second-order valence-electron chi connectivity index (χ2n) is 7.06. The molecule has 0 saturated carbocycles. The molecule has 1 saturated heterocycles. The summed E-state index contributed by atoms with van der Waals surface area (Å²) in [5, 5.41) is 2.81. The highest BCUT2D eigenvalue weighted by Crippen LogP contribution is 2.23. The van der Waals surface area contributed by atoms with E-state index in [1.807, 2.05) is 12.1 Å². The van der Waals surface area contributed by atoms with Crippen molar-refractivity contribution in [3.05, 3.63) is 78.0 Å². The van der Waals surface area contributed by atoms with E-state index in [1.54, 1.807) is 54.7 Å². The zero-order valence-corrected chi connectivity index (χ0v) is 16.4. The molecule has 0 bridgehead atoms. The van der Waals surface area contributed by atoms with Crippen LogP contribution in [-0.4, -0.2) is 29.9 Å². The molecule has 152 valence electrons. The van der Waals surface area contributed by atoms with Gasteiger partial charge in [-0.2, -0.15) is 0 Å². The number of aromatic nitrogens is 1. The summed E-state index contributed by atoms with van der Waals surface area (Å²) < 4.78 is 5.73. The molecule has 30 heavy (non-hydrogen) atoms. The van der Waals surface area contributed by atoms with E-state index in [0.29, 0.717) is 28.4 Å². The van der Waals surface area contributed by atoms with Crippen LogP contribution < -0.4 is 20.7 Å². The highest BCUT2D eigenvalue weighted by atomic mass is 16.5. The first-order chi connectivity index (χ1) is 14.6. The van der Waals surface area contributed by atoms with E-state index in [1.165, 1.54) is 12.8 Å². The van der Waals surface area contributed by atoms with Crippen molar-refractivity contribution in [1.82, 2.24) is 4.98 Å². The number of primary amides is 1. The van der Waals surface area contributed by atoms with Crippen LogP contribution in [0.1, 0.15) is 33.6 Å². The molecular formula is C23H22N4O3. The Morgan fingerprint density at radius 1 is 0.867 bits per heavy atom. The zero-order chi connectivity index (χ0) is 20.9. The second-order valence-corrected chi connectivity index (χ2v) is 7.06. The molecule has 0 unspecified atom stereocenters. The van der Waals surface area contributed by atoms with Crippen LogP contribution in [-0.2, 0) is 0 Å². The maximum Gasteiger partial charge on any atom is 0.256 e. The predicted octanol–water partition coefficient (Wildman–Crippen LogP) is 3.83. The number of pyridine rings is 1. The third-order valence-corrected chi connectivity index (χ3v) is 4.95. The average molecular weight is 402 g/mol. The lowest BCUT2D eigenvalue weighted by atomic mass is 10.2. The number of carbonyl (C=O) groups is 2. The Kier molecular flexibility index (Phi) is 5.61. The maximum atomic E-state index is 12.5. The summed E-state index contributed by atoms with van der Waals surface area (Å²) in [5.41, 5.74) is 7.22. The number of hydrogen-bond acceptors (Lipinski definition) is 5. The molecule has 7 nitrogen and oxygen atoms in total. The van der Waals surface area contributed by atoms with Gasteiger partial charge in [-0.25, -0.2) is 4.98 Å². The first-order valence-corrected chi connectivity index (χ1v) is 9.79. The smallest absolute Gasteiger partial charge is 0.256 e. The Balaban J connectivity index is 1.36. The Morgan fingerprint density at radius 3 is 2.00 bits per heavy atom. The summed E-state index contributed by atoms with van der Waals surface area (Å²) in [4.78, 5) is 30.2. The normalized spacial score (nSPS) is 13.1. The SMILES string of the molecule is NC(=O)c1ccc(Oc2ccc(C(=O)Nc3ccc(N4CCCC4)cn3)cc2)cc1. The maximum absolute atomic E-state index is 12.5. The molecule has 1 aliphatic rings. The van der Waals surface area contributed by atoms with Gasteiger partial charge >= 0.3 is 0 Å². The molecule has 4 rings (SSSR count). The van der Waals surface area contributed by atoms with E-state index in [4.69, 9.17) is 10.5 Å². The van der Waals surface area contributed by atoms with Crippen molar-refractivity contribution in [2.75, 3.05) is 23.3 Å². The van der Waals surface area contributed by atoms with Gasteiger partial charge in [0.05, 0.1) is 11.9 Å². The fourth-order valence-electron chi connectivity index (χ4n) is 3.31. The number of hydrogen-bond donors (Lipinski definition) is 2. The van der Waals surface area contributed by atoms with Crippen LogP contribution in [0.4, 0.5) is 11.5 Å². The van der Waals surface area contributed by atoms with Crippen LogP contribution in [0.2, 0.25) is 0 Å². The average Bonchev–Trinajstić information content (AvgIpc) is 3.30. The fraction of sp³-hybridized carbons (Fsp3) is 0.174. The predicted molar refractivity (Wildman–Crippen MR) is 115 cm³/mol. The van der Waals surface area contributed by atoms with Crippen LogP contribution in [0.3, 0.4) is 0 Å². The molecule has 2 amide bonds. The molecule has 1 fully saturated rings. The van der Waals surface area contributed by atoms with Gasteiger partial charge in [-0.05, 0) is 73.5 Å².